The molecule has 120 valence electrons. The van der Waals surface area contributed by atoms with Crippen molar-refractivity contribution in [1.82, 2.24) is 0 Å². The number of carbonyl (C=O) groups is 2. The topological polar surface area (TPSA) is 52.6 Å². The number of esters is 2. The van der Waals surface area contributed by atoms with Gasteiger partial charge in [-0.1, -0.05) is 35.9 Å². The summed E-state index contributed by atoms with van der Waals surface area (Å²) in [5.74, 6) is -1.08. The van der Waals surface area contributed by atoms with E-state index in [1.54, 1.807) is 37.3 Å². The molecule has 0 amide bonds. The number of hydrogen-bond donors (Lipinski definition) is 0. The quantitative estimate of drug-likeness (QED) is 0.752. The van der Waals surface area contributed by atoms with Crippen LogP contribution < -0.4 is 0 Å². The van der Waals surface area contributed by atoms with E-state index in [0.717, 1.165) is 5.56 Å². The van der Waals surface area contributed by atoms with E-state index in [4.69, 9.17) is 21.1 Å². The second-order valence-electron chi connectivity index (χ2n) is 4.78. The lowest BCUT2D eigenvalue weighted by Gasteiger charge is -2.09. The van der Waals surface area contributed by atoms with E-state index >= 15 is 0 Å². The SMILES string of the molecule is CCOC(=O)c1ccccc1C(=O)OCCc1cccc(Cl)c1. The highest BCUT2D eigenvalue weighted by atomic mass is 35.5. The van der Waals surface area contributed by atoms with Crippen molar-refractivity contribution in [3.63, 3.8) is 0 Å². The Morgan fingerprint density at radius 2 is 1.61 bits per heavy atom. The first-order valence-electron chi connectivity index (χ1n) is 7.29. The maximum atomic E-state index is 12.2. The lowest BCUT2D eigenvalue weighted by atomic mass is 10.1. The van der Waals surface area contributed by atoms with Crippen molar-refractivity contribution in [3.05, 3.63) is 70.2 Å². The summed E-state index contributed by atoms with van der Waals surface area (Å²) in [4.78, 5) is 24.0. The number of hydrogen-bond acceptors (Lipinski definition) is 4. The van der Waals surface area contributed by atoms with Gasteiger partial charge >= 0.3 is 11.9 Å². The van der Waals surface area contributed by atoms with Gasteiger partial charge in [0.2, 0.25) is 0 Å². The Kier molecular flexibility index (Phi) is 6.18. The summed E-state index contributed by atoms with van der Waals surface area (Å²) in [5.41, 5.74) is 1.39. The minimum atomic E-state index is -0.546. The second-order valence-corrected chi connectivity index (χ2v) is 5.22. The highest BCUT2D eigenvalue weighted by Crippen LogP contribution is 2.14. The molecule has 0 radical (unpaired) electrons. The summed E-state index contributed by atoms with van der Waals surface area (Å²) in [6.07, 6.45) is 0.549. The molecule has 0 saturated carbocycles. The zero-order chi connectivity index (χ0) is 16.7. The van der Waals surface area contributed by atoms with Crippen molar-refractivity contribution in [2.45, 2.75) is 13.3 Å². The van der Waals surface area contributed by atoms with E-state index in [2.05, 4.69) is 0 Å². The molecule has 2 rings (SSSR count). The number of ether oxygens (including phenoxy) is 2. The zero-order valence-corrected chi connectivity index (χ0v) is 13.5. The molecule has 0 heterocycles. The lowest BCUT2D eigenvalue weighted by Crippen LogP contribution is -2.15. The number of carbonyl (C=O) groups excluding carboxylic acids is 2. The zero-order valence-electron chi connectivity index (χ0n) is 12.8. The number of halogens is 1. The van der Waals surface area contributed by atoms with Gasteiger partial charge in [0.05, 0.1) is 24.3 Å². The van der Waals surface area contributed by atoms with Gasteiger partial charge in [-0.15, -0.1) is 0 Å². The van der Waals surface area contributed by atoms with E-state index in [1.807, 2.05) is 18.2 Å². The Morgan fingerprint density at radius 3 is 2.22 bits per heavy atom. The summed E-state index contributed by atoms with van der Waals surface area (Å²) in [5, 5.41) is 0.640. The van der Waals surface area contributed by atoms with Crippen molar-refractivity contribution in [1.29, 1.82) is 0 Å². The van der Waals surface area contributed by atoms with E-state index in [-0.39, 0.29) is 24.3 Å². The van der Waals surface area contributed by atoms with Gasteiger partial charge in [-0.25, -0.2) is 9.59 Å². The molecule has 0 bridgehead atoms. The van der Waals surface area contributed by atoms with Crippen LogP contribution in [0.5, 0.6) is 0 Å². The van der Waals surface area contributed by atoms with Gasteiger partial charge in [0, 0.05) is 11.4 Å². The first-order chi connectivity index (χ1) is 11.1. The number of benzene rings is 2. The van der Waals surface area contributed by atoms with Crippen molar-refractivity contribution < 1.29 is 19.1 Å². The number of rotatable bonds is 6. The third-order valence-electron chi connectivity index (χ3n) is 3.16. The van der Waals surface area contributed by atoms with Crippen LogP contribution in [0.2, 0.25) is 5.02 Å². The molecule has 0 atom stereocenters. The molecule has 0 N–H and O–H groups in total. The fourth-order valence-electron chi connectivity index (χ4n) is 2.08. The second kappa shape index (κ2) is 8.34. The normalized spacial score (nSPS) is 10.2. The molecule has 0 aliphatic heterocycles. The highest BCUT2D eigenvalue weighted by Gasteiger charge is 2.18. The average molecular weight is 333 g/mol. The average Bonchev–Trinajstić information content (AvgIpc) is 2.55. The molecule has 23 heavy (non-hydrogen) atoms. The summed E-state index contributed by atoms with van der Waals surface area (Å²) in [6, 6.07) is 13.8. The first kappa shape index (κ1) is 17.0. The van der Waals surface area contributed by atoms with Gasteiger partial charge in [0.15, 0.2) is 0 Å². The lowest BCUT2D eigenvalue weighted by molar-refractivity contribution is 0.0469. The Morgan fingerprint density at radius 1 is 0.957 bits per heavy atom. The van der Waals surface area contributed by atoms with Crippen molar-refractivity contribution >= 4 is 23.5 Å². The first-order valence-corrected chi connectivity index (χ1v) is 7.67. The molecule has 2 aromatic carbocycles. The Bertz CT molecular complexity index is 697. The summed E-state index contributed by atoms with van der Waals surface area (Å²) in [7, 11) is 0. The highest BCUT2D eigenvalue weighted by molar-refractivity contribution is 6.30. The monoisotopic (exact) mass is 332 g/mol. The van der Waals surface area contributed by atoms with E-state index < -0.39 is 11.9 Å². The van der Waals surface area contributed by atoms with Gasteiger partial charge in [0.1, 0.15) is 0 Å². The molecule has 5 heteroatoms. The molecule has 0 aliphatic rings. The van der Waals surface area contributed by atoms with Gasteiger partial charge < -0.3 is 9.47 Å². The van der Waals surface area contributed by atoms with E-state index in [9.17, 15) is 9.59 Å². The molecule has 0 aliphatic carbocycles. The van der Waals surface area contributed by atoms with Crippen LogP contribution >= 0.6 is 11.6 Å². The van der Waals surface area contributed by atoms with Crippen LogP contribution in [0.4, 0.5) is 0 Å². The largest absolute Gasteiger partial charge is 0.462 e. The van der Waals surface area contributed by atoms with E-state index in [1.165, 1.54) is 0 Å². The molecule has 0 unspecified atom stereocenters. The smallest absolute Gasteiger partial charge is 0.339 e. The van der Waals surface area contributed by atoms with Gasteiger partial charge in [-0.3, -0.25) is 0 Å². The minimum Gasteiger partial charge on any atom is -0.462 e. The third kappa shape index (κ3) is 4.83. The molecule has 2 aromatic rings. The standard InChI is InChI=1S/C18H17ClO4/c1-2-22-17(20)15-8-3-4-9-16(15)18(21)23-11-10-13-6-5-7-14(19)12-13/h3-9,12H,2,10-11H2,1H3. The van der Waals surface area contributed by atoms with Crippen molar-refractivity contribution in [3.8, 4) is 0 Å². The molecule has 0 fully saturated rings. The Balaban J connectivity index is 1.99. The molecule has 0 aromatic heterocycles. The Hall–Kier alpha value is -2.33. The fourth-order valence-corrected chi connectivity index (χ4v) is 2.29. The summed E-state index contributed by atoms with van der Waals surface area (Å²) in [6.45, 7) is 2.16. The predicted octanol–water partition coefficient (Wildman–Crippen LogP) is 3.92. The van der Waals surface area contributed by atoms with Crippen LogP contribution in [0, 0.1) is 0 Å². The molecule has 4 nitrogen and oxygen atoms in total. The van der Waals surface area contributed by atoms with Crippen LogP contribution in [-0.2, 0) is 15.9 Å². The van der Waals surface area contributed by atoms with Gasteiger partial charge in [-0.05, 0) is 36.8 Å². The molecular weight excluding hydrogens is 316 g/mol. The van der Waals surface area contributed by atoms with Crippen LogP contribution in [-0.4, -0.2) is 25.2 Å². The Labute approximate surface area is 140 Å². The van der Waals surface area contributed by atoms with Crippen LogP contribution in [0.3, 0.4) is 0 Å². The fraction of sp³-hybridized carbons (Fsp3) is 0.222. The maximum Gasteiger partial charge on any atom is 0.339 e. The predicted molar refractivity (Wildman–Crippen MR) is 87.8 cm³/mol. The summed E-state index contributed by atoms with van der Waals surface area (Å²) >= 11 is 5.91. The molecule has 0 spiro atoms. The van der Waals surface area contributed by atoms with Crippen LogP contribution in [0.1, 0.15) is 33.2 Å². The van der Waals surface area contributed by atoms with Crippen molar-refractivity contribution in [2.75, 3.05) is 13.2 Å². The van der Waals surface area contributed by atoms with E-state index in [0.29, 0.717) is 11.4 Å². The summed E-state index contributed by atoms with van der Waals surface area (Å²) < 4.78 is 10.2. The van der Waals surface area contributed by atoms with Crippen molar-refractivity contribution in [2.24, 2.45) is 0 Å². The van der Waals surface area contributed by atoms with Crippen LogP contribution in [0.25, 0.3) is 0 Å². The van der Waals surface area contributed by atoms with Gasteiger partial charge in [-0.2, -0.15) is 0 Å². The molecule has 0 saturated heterocycles. The minimum absolute atomic E-state index is 0.205. The maximum absolute atomic E-state index is 12.2. The van der Waals surface area contributed by atoms with Crippen LogP contribution in [0.15, 0.2) is 48.5 Å². The van der Waals surface area contributed by atoms with Gasteiger partial charge in [0.25, 0.3) is 0 Å². The third-order valence-corrected chi connectivity index (χ3v) is 3.39. The molecular formula is C18H17ClO4.